The summed E-state index contributed by atoms with van der Waals surface area (Å²) < 4.78 is 2.79. The number of nitrogens with zero attached hydrogens (tertiary/aromatic N) is 1. The molecule has 1 heterocycles. The van der Waals surface area contributed by atoms with Crippen LogP contribution in [0.5, 0.6) is 0 Å². The number of benzene rings is 2. The first-order chi connectivity index (χ1) is 8.68. The zero-order valence-corrected chi connectivity index (χ0v) is 11.5. The molecule has 0 bridgehead atoms. The minimum Gasteiger partial charge on any atom is -0.272 e. The van der Waals surface area contributed by atoms with Crippen LogP contribution in [0.15, 0.2) is 45.7 Å². The summed E-state index contributed by atoms with van der Waals surface area (Å²) in [5.41, 5.74) is 0.494. The van der Waals surface area contributed by atoms with Crippen molar-refractivity contribution >= 4 is 38.9 Å². The number of halogens is 1. The summed E-state index contributed by atoms with van der Waals surface area (Å²) in [6.07, 6.45) is 0. The second kappa shape index (κ2) is 4.22. The molecule has 2 aromatic carbocycles. The van der Waals surface area contributed by atoms with E-state index in [0.717, 1.165) is 20.9 Å². The van der Waals surface area contributed by atoms with Gasteiger partial charge in [0.05, 0.1) is 5.69 Å². The van der Waals surface area contributed by atoms with Crippen LogP contribution in [0, 0.1) is 4.77 Å². The van der Waals surface area contributed by atoms with Gasteiger partial charge in [-0.25, -0.2) is 14.5 Å². The number of hydrogen-bond donors (Lipinski definition) is 2. The average Bonchev–Trinajstić information content (AvgIpc) is 2.71. The molecule has 0 radical (unpaired) electrons. The summed E-state index contributed by atoms with van der Waals surface area (Å²) in [5, 5.41) is 7.13. The van der Waals surface area contributed by atoms with Crippen LogP contribution in [0.1, 0.15) is 0 Å². The van der Waals surface area contributed by atoms with Crippen LogP contribution in [0.3, 0.4) is 0 Å². The Morgan fingerprint density at radius 3 is 2.44 bits per heavy atom. The summed E-state index contributed by atoms with van der Waals surface area (Å²) in [6.45, 7) is 0. The first-order valence-corrected chi connectivity index (χ1v) is 6.46. The summed E-state index contributed by atoms with van der Waals surface area (Å²) >= 11 is 8.62. The molecular formula is C12H8BrN3OS. The lowest BCUT2D eigenvalue weighted by Gasteiger charge is -2.07. The monoisotopic (exact) mass is 321 g/mol. The fourth-order valence-corrected chi connectivity index (χ4v) is 2.68. The Morgan fingerprint density at radius 2 is 1.78 bits per heavy atom. The lowest BCUT2D eigenvalue weighted by molar-refractivity contribution is 0.983. The number of aromatic amines is 2. The van der Waals surface area contributed by atoms with Crippen molar-refractivity contribution in [3.63, 3.8) is 0 Å². The molecule has 0 aliphatic heterocycles. The van der Waals surface area contributed by atoms with E-state index in [9.17, 15) is 4.79 Å². The van der Waals surface area contributed by atoms with E-state index in [4.69, 9.17) is 12.2 Å². The zero-order valence-electron chi connectivity index (χ0n) is 9.11. The zero-order chi connectivity index (χ0) is 12.7. The van der Waals surface area contributed by atoms with Gasteiger partial charge in [0, 0.05) is 9.86 Å². The first kappa shape index (κ1) is 11.4. The summed E-state index contributed by atoms with van der Waals surface area (Å²) in [5.74, 6) is 0. The van der Waals surface area contributed by atoms with Crippen LogP contribution in [0.4, 0.5) is 0 Å². The standard InChI is InChI=1S/C12H8BrN3OS/c13-9-5-6-10(8-4-2-1-3-7(8)9)16-11(17)14-15-12(16)18/h1-6H,(H,14,17)(H,15,18). The van der Waals surface area contributed by atoms with Crippen LogP contribution >= 0.6 is 28.1 Å². The normalized spacial score (nSPS) is 10.9. The molecule has 0 saturated carbocycles. The van der Waals surface area contributed by atoms with E-state index in [-0.39, 0.29) is 5.69 Å². The van der Waals surface area contributed by atoms with Gasteiger partial charge in [-0.3, -0.25) is 5.10 Å². The lowest BCUT2D eigenvalue weighted by Crippen LogP contribution is -2.15. The predicted octanol–water partition coefficient (Wildman–Crippen LogP) is 3.14. The minimum atomic E-state index is -0.271. The Hall–Kier alpha value is -1.66. The number of fused-ring (bicyclic) bond motifs is 1. The first-order valence-electron chi connectivity index (χ1n) is 5.26. The molecule has 0 aliphatic carbocycles. The molecule has 0 aliphatic rings. The van der Waals surface area contributed by atoms with Crippen molar-refractivity contribution in [3.05, 3.63) is 56.1 Å². The van der Waals surface area contributed by atoms with Crippen molar-refractivity contribution in [2.24, 2.45) is 0 Å². The Bertz CT molecular complexity index is 819. The molecule has 1 aromatic heterocycles. The maximum absolute atomic E-state index is 11.8. The van der Waals surface area contributed by atoms with Gasteiger partial charge >= 0.3 is 5.69 Å². The topological polar surface area (TPSA) is 53.6 Å². The Morgan fingerprint density at radius 1 is 1.06 bits per heavy atom. The van der Waals surface area contributed by atoms with E-state index in [2.05, 4.69) is 26.1 Å². The van der Waals surface area contributed by atoms with Gasteiger partial charge in [0.25, 0.3) is 0 Å². The fourth-order valence-electron chi connectivity index (χ4n) is 1.97. The lowest BCUT2D eigenvalue weighted by atomic mass is 10.1. The van der Waals surface area contributed by atoms with Crippen LogP contribution in [0.2, 0.25) is 0 Å². The number of aromatic nitrogens is 3. The summed E-state index contributed by atoms with van der Waals surface area (Å²) in [7, 11) is 0. The number of rotatable bonds is 1. The van der Waals surface area contributed by atoms with Gasteiger partial charge in [-0.2, -0.15) is 0 Å². The number of H-pyrrole nitrogens is 2. The molecule has 0 fully saturated rings. The van der Waals surface area contributed by atoms with Gasteiger partial charge in [-0.1, -0.05) is 40.2 Å². The largest absolute Gasteiger partial charge is 0.347 e. The summed E-state index contributed by atoms with van der Waals surface area (Å²) in [4.78, 5) is 11.8. The Balaban J connectivity index is 2.49. The molecule has 4 nitrogen and oxygen atoms in total. The third-order valence-corrected chi connectivity index (χ3v) is 3.75. The molecule has 0 unspecified atom stereocenters. The van der Waals surface area contributed by atoms with Gasteiger partial charge in [-0.15, -0.1) is 0 Å². The molecular weight excluding hydrogens is 314 g/mol. The van der Waals surface area contributed by atoms with E-state index < -0.39 is 0 Å². The van der Waals surface area contributed by atoms with Crippen molar-refractivity contribution in [1.29, 1.82) is 0 Å². The number of nitrogens with one attached hydrogen (secondary N) is 2. The molecule has 3 rings (SSSR count). The maximum atomic E-state index is 11.8. The predicted molar refractivity (Wildman–Crippen MR) is 76.8 cm³/mol. The molecule has 0 saturated heterocycles. The van der Waals surface area contributed by atoms with E-state index in [1.807, 2.05) is 36.4 Å². The molecule has 0 spiro atoms. The molecule has 90 valence electrons. The minimum absolute atomic E-state index is 0.271. The SMILES string of the molecule is O=c1[nH][nH]c(=S)n1-c1ccc(Br)c2ccccc12. The molecule has 18 heavy (non-hydrogen) atoms. The maximum Gasteiger partial charge on any atom is 0.347 e. The van der Waals surface area contributed by atoms with E-state index in [0.29, 0.717) is 4.77 Å². The van der Waals surface area contributed by atoms with Crippen LogP contribution in [-0.2, 0) is 0 Å². The number of hydrogen-bond acceptors (Lipinski definition) is 2. The van der Waals surface area contributed by atoms with Crippen LogP contribution in [-0.4, -0.2) is 14.8 Å². The van der Waals surface area contributed by atoms with Crippen LogP contribution in [0.25, 0.3) is 16.5 Å². The smallest absolute Gasteiger partial charge is 0.272 e. The van der Waals surface area contributed by atoms with E-state index >= 15 is 0 Å². The van der Waals surface area contributed by atoms with Gasteiger partial charge in [0.15, 0.2) is 0 Å². The Kier molecular flexibility index (Phi) is 2.68. The highest BCUT2D eigenvalue weighted by atomic mass is 79.9. The van der Waals surface area contributed by atoms with Crippen molar-refractivity contribution in [2.45, 2.75) is 0 Å². The van der Waals surface area contributed by atoms with E-state index in [1.165, 1.54) is 4.57 Å². The van der Waals surface area contributed by atoms with Crippen LogP contribution < -0.4 is 5.69 Å². The van der Waals surface area contributed by atoms with Crippen molar-refractivity contribution in [2.75, 3.05) is 0 Å². The highest BCUT2D eigenvalue weighted by molar-refractivity contribution is 9.10. The van der Waals surface area contributed by atoms with Crippen molar-refractivity contribution < 1.29 is 0 Å². The molecule has 2 N–H and O–H groups in total. The molecule has 0 amide bonds. The fraction of sp³-hybridized carbons (Fsp3) is 0. The van der Waals surface area contributed by atoms with Gasteiger partial charge in [0.2, 0.25) is 4.77 Å². The third-order valence-electron chi connectivity index (χ3n) is 2.77. The molecule has 3 aromatic rings. The van der Waals surface area contributed by atoms with Crippen molar-refractivity contribution in [1.82, 2.24) is 14.8 Å². The second-order valence-corrected chi connectivity index (χ2v) is 5.05. The Labute approximate surface area is 115 Å². The highest BCUT2D eigenvalue weighted by Crippen LogP contribution is 2.28. The highest BCUT2D eigenvalue weighted by Gasteiger charge is 2.09. The molecule has 0 atom stereocenters. The average molecular weight is 322 g/mol. The van der Waals surface area contributed by atoms with Gasteiger partial charge in [-0.05, 0) is 29.7 Å². The van der Waals surface area contributed by atoms with Gasteiger partial charge < -0.3 is 0 Å². The summed E-state index contributed by atoms with van der Waals surface area (Å²) in [6, 6.07) is 11.6. The third kappa shape index (κ3) is 1.65. The second-order valence-electron chi connectivity index (χ2n) is 3.81. The molecule has 6 heteroatoms. The van der Waals surface area contributed by atoms with Gasteiger partial charge in [0.1, 0.15) is 0 Å². The quantitative estimate of drug-likeness (QED) is 0.676. The van der Waals surface area contributed by atoms with Crippen molar-refractivity contribution in [3.8, 4) is 5.69 Å². The van der Waals surface area contributed by atoms with E-state index in [1.54, 1.807) is 0 Å².